The van der Waals surface area contributed by atoms with Crippen molar-refractivity contribution in [2.45, 2.75) is 45.4 Å². The Hall–Kier alpha value is -1.59. The van der Waals surface area contributed by atoms with Gasteiger partial charge in [0.2, 0.25) is 11.8 Å². The highest BCUT2D eigenvalue weighted by Gasteiger charge is 2.28. The van der Waals surface area contributed by atoms with Crippen LogP contribution in [0.5, 0.6) is 0 Å². The molecule has 0 radical (unpaired) electrons. The predicted octanol–water partition coefficient (Wildman–Crippen LogP) is 1.09. The van der Waals surface area contributed by atoms with Gasteiger partial charge in [0, 0.05) is 33.0 Å². The smallest absolute Gasteiger partial charge is 0.310 e. The molecular weight excluding hydrogens is 272 g/mol. The van der Waals surface area contributed by atoms with Gasteiger partial charge in [-0.25, -0.2) is 0 Å². The van der Waals surface area contributed by atoms with E-state index in [0.29, 0.717) is 19.5 Å². The van der Waals surface area contributed by atoms with Crippen molar-refractivity contribution in [3.8, 4) is 0 Å². The second-order valence-corrected chi connectivity index (χ2v) is 5.50. The Balaban J connectivity index is 2.19. The van der Waals surface area contributed by atoms with Crippen molar-refractivity contribution < 1.29 is 19.1 Å². The van der Waals surface area contributed by atoms with Gasteiger partial charge in [0.1, 0.15) is 0 Å². The fourth-order valence-electron chi connectivity index (χ4n) is 2.56. The third-order valence-electron chi connectivity index (χ3n) is 3.75. The molecule has 1 fully saturated rings. The molecule has 1 heterocycles. The second kappa shape index (κ2) is 9.37. The number of nitrogens with zero attached hydrogens (tertiary/aromatic N) is 1. The molecule has 0 spiro atoms. The zero-order chi connectivity index (χ0) is 15.7. The van der Waals surface area contributed by atoms with E-state index in [2.05, 4.69) is 5.32 Å². The molecule has 1 aliphatic heterocycles. The van der Waals surface area contributed by atoms with Gasteiger partial charge in [0.15, 0.2) is 0 Å². The number of ether oxygens (including phenoxy) is 1. The number of unbranched alkanes of at least 4 members (excludes halogenated alkanes) is 2. The Morgan fingerprint density at radius 1 is 1.24 bits per heavy atom. The molecule has 0 bridgehead atoms. The third-order valence-corrected chi connectivity index (χ3v) is 3.75. The molecule has 1 saturated heterocycles. The fraction of sp³-hybridized carbons (Fsp3) is 0.800. The van der Waals surface area contributed by atoms with E-state index in [1.54, 1.807) is 4.90 Å². The molecule has 1 rings (SSSR count). The number of piperidine rings is 1. The van der Waals surface area contributed by atoms with Gasteiger partial charge in [-0.05, 0) is 25.7 Å². The monoisotopic (exact) mass is 298 g/mol. The summed E-state index contributed by atoms with van der Waals surface area (Å²) in [4.78, 5) is 36.1. The van der Waals surface area contributed by atoms with Crippen molar-refractivity contribution in [2.24, 2.45) is 5.92 Å². The molecule has 0 aromatic rings. The van der Waals surface area contributed by atoms with Gasteiger partial charge in [0.05, 0.1) is 13.0 Å². The number of amides is 2. The number of carbonyl (C=O) groups excluding carboxylic acids is 3. The molecule has 0 aromatic heterocycles. The van der Waals surface area contributed by atoms with Crippen LogP contribution >= 0.6 is 0 Å². The molecule has 120 valence electrons. The van der Waals surface area contributed by atoms with Crippen molar-refractivity contribution in [3.05, 3.63) is 0 Å². The number of hydrogen-bond acceptors (Lipinski definition) is 4. The number of rotatable bonds is 7. The fourth-order valence-corrected chi connectivity index (χ4v) is 2.56. The zero-order valence-electron chi connectivity index (χ0n) is 13.0. The van der Waals surface area contributed by atoms with E-state index in [9.17, 15) is 14.4 Å². The Morgan fingerprint density at radius 3 is 2.67 bits per heavy atom. The SMILES string of the molecule is COC(=O)C1CCCN(C(=O)CCCCCNC(C)=O)C1. The maximum absolute atomic E-state index is 12.1. The normalized spacial score (nSPS) is 18.2. The average molecular weight is 298 g/mol. The standard InChI is InChI=1S/C15H26N2O4/c1-12(18)16-9-5-3-4-8-14(19)17-10-6-7-13(11-17)15(20)21-2/h13H,3-11H2,1-2H3,(H,16,18). The van der Waals surface area contributed by atoms with Crippen LogP contribution in [0, 0.1) is 5.92 Å². The summed E-state index contributed by atoms with van der Waals surface area (Å²) in [7, 11) is 1.39. The quantitative estimate of drug-likeness (QED) is 0.564. The largest absolute Gasteiger partial charge is 0.469 e. The van der Waals surface area contributed by atoms with Crippen LogP contribution in [-0.2, 0) is 19.1 Å². The number of nitrogens with one attached hydrogen (secondary N) is 1. The van der Waals surface area contributed by atoms with E-state index < -0.39 is 0 Å². The first-order valence-corrected chi connectivity index (χ1v) is 7.64. The first-order valence-electron chi connectivity index (χ1n) is 7.64. The summed E-state index contributed by atoms with van der Waals surface area (Å²) in [6.45, 7) is 3.38. The molecule has 0 saturated carbocycles. The Bertz CT molecular complexity index is 371. The van der Waals surface area contributed by atoms with Crippen molar-refractivity contribution in [2.75, 3.05) is 26.7 Å². The lowest BCUT2D eigenvalue weighted by Crippen LogP contribution is -2.42. The van der Waals surface area contributed by atoms with E-state index in [1.165, 1.54) is 14.0 Å². The Morgan fingerprint density at radius 2 is 2.00 bits per heavy atom. The molecule has 6 nitrogen and oxygen atoms in total. The number of carbonyl (C=O) groups is 3. The van der Waals surface area contributed by atoms with Gasteiger partial charge >= 0.3 is 5.97 Å². The van der Waals surface area contributed by atoms with Gasteiger partial charge in [-0.3, -0.25) is 14.4 Å². The van der Waals surface area contributed by atoms with E-state index in [4.69, 9.17) is 4.74 Å². The van der Waals surface area contributed by atoms with Crippen LogP contribution in [0.2, 0.25) is 0 Å². The highest BCUT2D eigenvalue weighted by Crippen LogP contribution is 2.19. The lowest BCUT2D eigenvalue weighted by atomic mass is 9.98. The molecule has 2 amide bonds. The van der Waals surface area contributed by atoms with Crippen LogP contribution in [0.25, 0.3) is 0 Å². The van der Waals surface area contributed by atoms with E-state index >= 15 is 0 Å². The molecule has 1 unspecified atom stereocenters. The molecule has 6 heteroatoms. The highest BCUT2D eigenvalue weighted by atomic mass is 16.5. The first-order chi connectivity index (χ1) is 10.0. The summed E-state index contributed by atoms with van der Waals surface area (Å²) < 4.78 is 4.75. The molecular formula is C15H26N2O4. The summed E-state index contributed by atoms with van der Waals surface area (Å²) in [5, 5.41) is 2.74. The minimum Gasteiger partial charge on any atom is -0.469 e. The van der Waals surface area contributed by atoms with Crippen molar-refractivity contribution >= 4 is 17.8 Å². The van der Waals surface area contributed by atoms with Gasteiger partial charge in [-0.15, -0.1) is 0 Å². The van der Waals surface area contributed by atoms with E-state index in [0.717, 1.165) is 38.6 Å². The predicted molar refractivity (Wildman–Crippen MR) is 78.5 cm³/mol. The lowest BCUT2D eigenvalue weighted by Gasteiger charge is -2.31. The van der Waals surface area contributed by atoms with Gasteiger partial charge in [0.25, 0.3) is 0 Å². The van der Waals surface area contributed by atoms with Crippen LogP contribution in [0.15, 0.2) is 0 Å². The molecule has 1 atom stereocenters. The minimum atomic E-state index is -0.220. The van der Waals surface area contributed by atoms with Crippen molar-refractivity contribution in [1.29, 1.82) is 0 Å². The zero-order valence-corrected chi connectivity index (χ0v) is 13.0. The van der Waals surface area contributed by atoms with Gasteiger partial charge in [-0.2, -0.15) is 0 Å². The summed E-state index contributed by atoms with van der Waals surface area (Å²) >= 11 is 0. The number of likely N-dealkylation sites (tertiary alicyclic amines) is 1. The summed E-state index contributed by atoms with van der Waals surface area (Å²) in [5.41, 5.74) is 0. The second-order valence-electron chi connectivity index (χ2n) is 5.50. The van der Waals surface area contributed by atoms with Gasteiger partial charge < -0.3 is 15.0 Å². The van der Waals surface area contributed by atoms with Crippen LogP contribution < -0.4 is 5.32 Å². The first kappa shape index (κ1) is 17.5. The van der Waals surface area contributed by atoms with E-state index in [1.807, 2.05) is 0 Å². The lowest BCUT2D eigenvalue weighted by molar-refractivity contribution is -0.149. The maximum Gasteiger partial charge on any atom is 0.310 e. The Labute approximate surface area is 126 Å². The van der Waals surface area contributed by atoms with Gasteiger partial charge in [-0.1, -0.05) is 6.42 Å². The van der Waals surface area contributed by atoms with Crippen LogP contribution in [0.3, 0.4) is 0 Å². The van der Waals surface area contributed by atoms with Crippen LogP contribution in [-0.4, -0.2) is 49.4 Å². The van der Waals surface area contributed by atoms with Crippen LogP contribution in [0.1, 0.15) is 45.4 Å². The van der Waals surface area contributed by atoms with Crippen molar-refractivity contribution in [1.82, 2.24) is 10.2 Å². The van der Waals surface area contributed by atoms with E-state index in [-0.39, 0.29) is 23.7 Å². The molecule has 1 aliphatic rings. The molecule has 21 heavy (non-hydrogen) atoms. The van der Waals surface area contributed by atoms with Crippen LogP contribution in [0.4, 0.5) is 0 Å². The number of hydrogen-bond donors (Lipinski definition) is 1. The molecule has 1 N–H and O–H groups in total. The number of esters is 1. The topological polar surface area (TPSA) is 75.7 Å². The number of methoxy groups -OCH3 is 1. The summed E-state index contributed by atoms with van der Waals surface area (Å²) in [6, 6.07) is 0. The van der Waals surface area contributed by atoms with Crippen molar-refractivity contribution in [3.63, 3.8) is 0 Å². The summed E-state index contributed by atoms with van der Waals surface area (Å²) in [6.07, 6.45) is 4.78. The molecule has 0 aliphatic carbocycles. The Kier molecular flexibility index (Phi) is 7.79. The maximum atomic E-state index is 12.1. The third kappa shape index (κ3) is 6.60. The minimum absolute atomic E-state index is 0.0201. The summed E-state index contributed by atoms with van der Waals surface area (Å²) in [5.74, 6) is -0.299. The highest BCUT2D eigenvalue weighted by molar-refractivity contribution is 5.78. The molecule has 0 aromatic carbocycles. The average Bonchev–Trinajstić information content (AvgIpc) is 2.49.